The van der Waals surface area contributed by atoms with Gasteiger partial charge in [0.15, 0.2) is 0 Å². The zero-order valence-corrected chi connectivity index (χ0v) is 11.3. The van der Waals surface area contributed by atoms with Crippen molar-refractivity contribution in [2.75, 3.05) is 13.6 Å². The molecule has 0 radical (unpaired) electrons. The quantitative estimate of drug-likeness (QED) is 0.830. The van der Waals surface area contributed by atoms with E-state index in [1.807, 2.05) is 7.05 Å². The van der Waals surface area contributed by atoms with Gasteiger partial charge in [-0.2, -0.15) is 13.2 Å². The number of aromatic nitrogens is 1. The summed E-state index contributed by atoms with van der Waals surface area (Å²) in [5, 5.41) is 0. The van der Waals surface area contributed by atoms with Crippen LogP contribution in [0, 0.1) is 5.41 Å². The van der Waals surface area contributed by atoms with E-state index in [1.54, 1.807) is 0 Å². The second-order valence-electron chi connectivity index (χ2n) is 5.89. The van der Waals surface area contributed by atoms with Crippen LogP contribution in [-0.4, -0.2) is 23.5 Å². The third kappa shape index (κ3) is 3.69. The Balaban J connectivity index is 1.92. The number of rotatable bonds is 4. The van der Waals surface area contributed by atoms with Gasteiger partial charge in [0.1, 0.15) is 5.69 Å². The summed E-state index contributed by atoms with van der Waals surface area (Å²) in [5.74, 6) is 0. The van der Waals surface area contributed by atoms with Gasteiger partial charge in [0, 0.05) is 19.3 Å². The lowest BCUT2D eigenvalue weighted by Crippen LogP contribution is -2.38. The minimum atomic E-state index is -4.36. The lowest BCUT2D eigenvalue weighted by molar-refractivity contribution is -0.141. The zero-order chi connectivity index (χ0) is 14.1. The summed E-state index contributed by atoms with van der Waals surface area (Å²) in [6, 6.07) is 2.56. The average Bonchev–Trinajstić information content (AvgIpc) is 2.26. The highest BCUT2D eigenvalue weighted by Gasteiger charge is 2.33. The average molecular weight is 272 g/mol. The topological polar surface area (TPSA) is 16.1 Å². The Kier molecular flexibility index (Phi) is 3.85. The van der Waals surface area contributed by atoms with E-state index in [4.69, 9.17) is 0 Å². The highest BCUT2D eigenvalue weighted by Crippen LogP contribution is 2.40. The third-order valence-corrected chi connectivity index (χ3v) is 3.78. The maximum atomic E-state index is 12.4. The van der Waals surface area contributed by atoms with Crippen molar-refractivity contribution in [2.45, 2.75) is 38.9 Å². The first-order chi connectivity index (χ1) is 8.78. The fourth-order valence-electron chi connectivity index (χ4n) is 2.64. The first-order valence-corrected chi connectivity index (χ1v) is 6.49. The molecule has 106 valence electrons. The van der Waals surface area contributed by atoms with Crippen molar-refractivity contribution in [3.63, 3.8) is 0 Å². The predicted molar refractivity (Wildman–Crippen MR) is 67.5 cm³/mol. The van der Waals surface area contributed by atoms with Crippen LogP contribution in [0.15, 0.2) is 18.3 Å². The second kappa shape index (κ2) is 5.12. The van der Waals surface area contributed by atoms with Crippen molar-refractivity contribution >= 4 is 0 Å². The molecule has 2 nitrogen and oxygen atoms in total. The van der Waals surface area contributed by atoms with E-state index in [0.717, 1.165) is 18.2 Å². The number of alkyl halides is 3. The SMILES string of the molecule is CN(Cc1ccc(C(F)(F)F)nc1)CC1(C)CCC1. The van der Waals surface area contributed by atoms with Crippen LogP contribution >= 0.6 is 0 Å². The molecule has 2 rings (SSSR count). The number of nitrogens with zero attached hydrogens (tertiary/aromatic N) is 2. The van der Waals surface area contributed by atoms with Crippen LogP contribution in [-0.2, 0) is 12.7 Å². The van der Waals surface area contributed by atoms with Crippen LogP contribution in [0.3, 0.4) is 0 Å². The second-order valence-corrected chi connectivity index (χ2v) is 5.89. The fraction of sp³-hybridized carbons (Fsp3) is 0.643. The van der Waals surface area contributed by atoms with Crippen molar-refractivity contribution in [3.8, 4) is 0 Å². The summed E-state index contributed by atoms with van der Waals surface area (Å²) in [6.07, 6.45) is 0.726. The molecule has 19 heavy (non-hydrogen) atoms. The van der Waals surface area contributed by atoms with Crippen molar-refractivity contribution in [1.82, 2.24) is 9.88 Å². The first-order valence-electron chi connectivity index (χ1n) is 6.49. The molecule has 0 N–H and O–H groups in total. The Morgan fingerprint density at radius 3 is 2.42 bits per heavy atom. The van der Waals surface area contributed by atoms with E-state index in [1.165, 1.54) is 31.5 Å². The van der Waals surface area contributed by atoms with Gasteiger partial charge in [0.25, 0.3) is 0 Å². The Labute approximate surface area is 111 Å². The molecule has 0 atom stereocenters. The van der Waals surface area contributed by atoms with Crippen LogP contribution in [0.5, 0.6) is 0 Å². The lowest BCUT2D eigenvalue weighted by Gasteiger charge is -2.41. The highest BCUT2D eigenvalue weighted by atomic mass is 19.4. The summed E-state index contributed by atoms with van der Waals surface area (Å²) in [7, 11) is 2.00. The molecule has 1 heterocycles. The van der Waals surface area contributed by atoms with Gasteiger partial charge >= 0.3 is 6.18 Å². The van der Waals surface area contributed by atoms with E-state index in [2.05, 4.69) is 16.8 Å². The van der Waals surface area contributed by atoms with Gasteiger partial charge in [0.05, 0.1) is 0 Å². The smallest absolute Gasteiger partial charge is 0.302 e. The highest BCUT2D eigenvalue weighted by molar-refractivity contribution is 5.15. The molecule has 0 amide bonds. The first kappa shape index (κ1) is 14.3. The fourth-order valence-corrected chi connectivity index (χ4v) is 2.64. The van der Waals surface area contributed by atoms with Crippen LogP contribution in [0.4, 0.5) is 13.2 Å². The summed E-state index contributed by atoms with van der Waals surface area (Å²) < 4.78 is 37.2. The number of halogens is 3. The van der Waals surface area contributed by atoms with Gasteiger partial charge in [-0.3, -0.25) is 4.98 Å². The van der Waals surface area contributed by atoms with E-state index >= 15 is 0 Å². The molecule has 0 saturated heterocycles. The largest absolute Gasteiger partial charge is 0.433 e. The molecular weight excluding hydrogens is 253 g/mol. The number of pyridine rings is 1. The molecule has 1 aromatic heterocycles. The maximum Gasteiger partial charge on any atom is 0.433 e. The Bertz CT molecular complexity index is 421. The third-order valence-electron chi connectivity index (χ3n) is 3.78. The minimum absolute atomic E-state index is 0.383. The molecule has 1 aliphatic rings. The van der Waals surface area contributed by atoms with Crippen LogP contribution in [0.1, 0.15) is 37.4 Å². The summed E-state index contributed by atoms with van der Waals surface area (Å²) in [4.78, 5) is 5.64. The normalized spacial score (nSPS) is 18.4. The molecule has 1 aromatic rings. The van der Waals surface area contributed by atoms with Gasteiger partial charge in [-0.1, -0.05) is 19.4 Å². The molecule has 0 aliphatic heterocycles. The molecule has 0 unspecified atom stereocenters. The lowest BCUT2D eigenvalue weighted by atomic mass is 9.70. The Morgan fingerprint density at radius 2 is 2.00 bits per heavy atom. The Hall–Kier alpha value is -1.10. The van der Waals surface area contributed by atoms with E-state index in [0.29, 0.717) is 12.0 Å². The number of hydrogen-bond donors (Lipinski definition) is 0. The molecule has 1 aliphatic carbocycles. The van der Waals surface area contributed by atoms with Gasteiger partial charge < -0.3 is 4.90 Å². The summed E-state index contributed by atoms with van der Waals surface area (Å²) in [5.41, 5.74) is 0.372. The van der Waals surface area contributed by atoms with Gasteiger partial charge in [-0.15, -0.1) is 0 Å². The minimum Gasteiger partial charge on any atom is -0.302 e. The predicted octanol–water partition coefficient (Wildman–Crippen LogP) is 3.72. The van der Waals surface area contributed by atoms with Crippen molar-refractivity contribution in [2.24, 2.45) is 5.41 Å². The molecule has 5 heteroatoms. The standard InChI is InChI=1S/C14H19F3N2/c1-13(6-3-7-13)10-19(2)9-11-4-5-12(18-8-11)14(15,16)17/h4-5,8H,3,6-7,9-10H2,1-2H3. The van der Waals surface area contributed by atoms with E-state index < -0.39 is 11.9 Å². The van der Waals surface area contributed by atoms with Crippen LogP contribution < -0.4 is 0 Å². The van der Waals surface area contributed by atoms with E-state index in [-0.39, 0.29) is 0 Å². The van der Waals surface area contributed by atoms with Crippen LogP contribution in [0.25, 0.3) is 0 Å². The van der Waals surface area contributed by atoms with Crippen molar-refractivity contribution in [3.05, 3.63) is 29.6 Å². The van der Waals surface area contributed by atoms with Gasteiger partial charge in [-0.05, 0) is 36.9 Å². The molecule has 1 saturated carbocycles. The molecular formula is C14H19F3N2. The molecule has 1 fully saturated rings. The Morgan fingerprint density at radius 1 is 1.32 bits per heavy atom. The molecule has 0 aromatic carbocycles. The monoisotopic (exact) mass is 272 g/mol. The van der Waals surface area contributed by atoms with Crippen molar-refractivity contribution in [1.29, 1.82) is 0 Å². The summed E-state index contributed by atoms with van der Waals surface area (Å²) >= 11 is 0. The summed E-state index contributed by atoms with van der Waals surface area (Å²) in [6.45, 7) is 3.88. The maximum absolute atomic E-state index is 12.4. The molecule has 0 spiro atoms. The molecule has 0 bridgehead atoms. The number of hydrogen-bond acceptors (Lipinski definition) is 2. The van der Waals surface area contributed by atoms with Crippen molar-refractivity contribution < 1.29 is 13.2 Å². The van der Waals surface area contributed by atoms with Gasteiger partial charge in [-0.25, -0.2) is 0 Å². The van der Waals surface area contributed by atoms with Crippen LogP contribution in [0.2, 0.25) is 0 Å². The van der Waals surface area contributed by atoms with E-state index in [9.17, 15) is 13.2 Å². The zero-order valence-electron chi connectivity index (χ0n) is 11.3. The van der Waals surface area contributed by atoms with Gasteiger partial charge in [0.2, 0.25) is 0 Å².